The molecule has 0 radical (unpaired) electrons. The summed E-state index contributed by atoms with van der Waals surface area (Å²) in [6.45, 7) is 2.32. The van der Waals surface area contributed by atoms with Gasteiger partial charge in [0.2, 0.25) is 0 Å². The first-order valence-electron chi connectivity index (χ1n) is 12.0. The highest BCUT2D eigenvalue weighted by Gasteiger charge is 2.67. The van der Waals surface area contributed by atoms with E-state index in [9.17, 15) is 14.3 Å². The Morgan fingerprint density at radius 2 is 2.14 bits per heavy atom. The van der Waals surface area contributed by atoms with Crippen molar-refractivity contribution in [1.29, 1.82) is 0 Å². The minimum atomic E-state index is -1.09. The predicted molar refractivity (Wildman–Crippen MR) is 135 cm³/mol. The van der Waals surface area contributed by atoms with Crippen LogP contribution in [-0.4, -0.2) is 57.2 Å². The summed E-state index contributed by atoms with van der Waals surface area (Å²) in [5.41, 5.74) is 1.51. The van der Waals surface area contributed by atoms with Crippen molar-refractivity contribution in [3.05, 3.63) is 45.5 Å². The summed E-state index contributed by atoms with van der Waals surface area (Å²) in [5.74, 6) is 0.795. The zero-order valence-corrected chi connectivity index (χ0v) is 21.2. The van der Waals surface area contributed by atoms with E-state index < -0.39 is 11.5 Å². The van der Waals surface area contributed by atoms with Gasteiger partial charge in [0.05, 0.1) is 6.20 Å². The van der Waals surface area contributed by atoms with E-state index in [1.165, 1.54) is 6.07 Å². The second kappa shape index (κ2) is 8.84. The topological polar surface area (TPSA) is 105 Å². The smallest absolute Gasteiger partial charge is 0.404 e. The maximum Gasteiger partial charge on any atom is 0.404 e. The van der Waals surface area contributed by atoms with Gasteiger partial charge in [-0.15, -0.1) is 0 Å². The predicted octanol–water partition coefficient (Wildman–Crippen LogP) is 3.93. The molecule has 9 nitrogen and oxygen atoms in total. The Morgan fingerprint density at radius 1 is 1.29 bits per heavy atom. The molecule has 11 heteroatoms. The Bertz CT molecular complexity index is 1280. The molecule has 1 aliphatic carbocycles. The first-order valence-corrected chi connectivity index (χ1v) is 13.1. The first-order chi connectivity index (χ1) is 17.0. The van der Waals surface area contributed by atoms with E-state index in [0.29, 0.717) is 24.4 Å². The fourth-order valence-electron chi connectivity index (χ4n) is 6.14. The molecule has 2 aromatic heterocycles. The number of benzene rings is 1. The Hall–Kier alpha value is -2.54. The fourth-order valence-corrected chi connectivity index (χ4v) is 6.75. The summed E-state index contributed by atoms with van der Waals surface area (Å²) in [7, 11) is 0. The number of halogens is 2. The molecule has 4 heterocycles. The number of piperidine rings is 1. The van der Waals surface area contributed by atoms with Crippen molar-refractivity contribution in [2.45, 2.75) is 37.3 Å². The van der Waals surface area contributed by atoms with Crippen LogP contribution < -0.4 is 10.2 Å². The summed E-state index contributed by atoms with van der Waals surface area (Å²) in [6, 6.07) is 6.73. The number of hydrogen-bond acceptors (Lipinski definition) is 6. The Kier molecular flexibility index (Phi) is 5.78. The van der Waals surface area contributed by atoms with Crippen molar-refractivity contribution in [1.82, 2.24) is 25.1 Å². The number of rotatable bonds is 5. The number of anilines is 1. The van der Waals surface area contributed by atoms with E-state index in [4.69, 9.17) is 9.72 Å². The van der Waals surface area contributed by atoms with Crippen LogP contribution in [0.2, 0.25) is 0 Å². The molecule has 1 unspecified atom stereocenters. The molecule has 1 amide bonds. The summed E-state index contributed by atoms with van der Waals surface area (Å²) in [5, 5.41) is 16.5. The molecule has 3 fully saturated rings. The highest BCUT2D eigenvalue weighted by atomic mass is 127. The molecule has 184 valence electrons. The number of fused-ring (bicyclic) bond motifs is 2. The van der Waals surface area contributed by atoms with Gasteiger partial charge in [-0.25, -0.2) is 23.8 Å². The molecule has 4 atom stereocenters. The number of hydrogen-bond donors (Lipinski definition) is 2. The molecule has 0 spiro atoms. The number of aromatic nitrogens is 4. The lowest BCUT2D eigenvalue weighted by molar-refractivity contribution is -0.0372. The average molecular weight is 592 g/mol. The van der Waals surface area contributed by atoms with Crippen molar-refractivity contribution in [2.24, 2.45) is 11.8 Å². The van der Waals surface area contributed by atoms with E-state index in [2.05, 4.69) is 42.9 Å². The van der Waals surface area contributed by atoms with Crippen LogP contribution in [-0.2, 0) is 10.2 Å². The van der Waals surface area contributed by atoms with Crippen molar-refractivity contribution < 1.29 is 19.0 Å². The summed E-state index contributed by atoms with van der Waals surface area (Å²) in [6.07, 6.45) is 4.42. The molecule has 3 aromatic rings. The largest absolute Gasteiger partial charge is 0.465 e. The van der Waals surface area contributed by atoms with Crippen molar-refractivity contribution >= 4 is 45.7 Å². The van der Waals surface area contributed by atoms with Gasteiger partial charge in [0, 0.05) is 31.7 Å². The van der Waals surface area contributed by atoms with Gasteiger partial charge in [-0.3, -0.25) is 0 Å². The third-order valence-corrected chi connectivity index (χ3v) is 8.56. The summed E-state index contributed by atoms with van der Waals surface area (Å²) >= 11 is 2.19. The van der Waals surface area contributed by atoms with Crippen LogP contribution in [0, 0.1) is 21.4 Å². The lowest BCUT2D eigenvalue weighted by Crippen LogP contribution is -2.35. The van der Waals surface area contributed by atoms with E-state index in [0.717, 1.165) is 47.3 Å². The van der Waals surface area contributed by atoms with Gasteiger partial charge in [-0.2, -0.15) is 5.10 Å². The first kappa shape index (κ1) is 22.9. The van der Waals surface area contributed by atoms with Gasteiger partial charge < -0.3 is 20.1 Å². The highest BCUT2D eigenvalue weighted by Crippen LogP contribution is 2.63. The van der Waals surface area contributed by atoms with Gasteiger partial charge in [-0.05, 0) is 71.7 Å². The second-order valence-electron chi connectivity index (χ2n) is 9.58. The van der Waals surface area contributed by atoms with Crippen LogP contribution in [0.3, 0.4) is 0 Å². The molecule has 2 N–H and O–H groups in total. The van der Waals surface area contributed by atoms with Crippen molar-refractivity contribution in [3.63, 3.8) is 0 Å². The van der Waals surface area contributed by atoms with Crippen LogP contribution in [0.5, 0.6) is 0 Å². The zero-order chi connectivity index (χ0) is 24.2. The maximum absolute atomic E-state index is 14.9. The number of ether oxygens (including phenoxy) is 1. The third kappa shape index (κ3) is 3.83. The minimum Gasteiger partial charge on any atom is -0.465 e. The molecule has 1 aromatic carbocycles. The van der Waals surface area contributed by atoms with Crippen LogP contribution in [0.25, 0.3) is 11.2 Å². The number of nitrogens with zero attached hydrogens (tertiary/aromatic N) is 5. The number of carboxylic acid groups (broad SMARTS) is 1. The maximum atomic E-state index is 14.9. The van der Waals surface area contributed by atoms with E-state index in [1.807, 2.05) is 10.7 Å². The molecular weight excluding hydrogens is 566 g/mol. The lowest BCUT2D eigenvalue weighted by atomic mass is 9.90. The molecule has 35 heavy (non-hydrogen) atoms. The molecule has 0 bridgehead atoms. The lowest BCUT2D eigenvalue weighted by Gasteiger charge is -2.27. The van der Waals surface area contributed by atoms with Crippen molar-refractivity contribution in [3.8, 4) is 0 Å². The Morgan fingerprint density at radius 3 is 2.91 bits per heavy atom. The average Bonchev–Trinajstić information content (AvgIpc) is 3.40. The molecular formula is C24H26FIN6O3. The minimum absolute atomic E-state index is 0.115. The summed E-state index contributed by atoms with van der Waals surface area (Å²) in [4.78, 5) is 23.1. The SMILES string of the molecule is O=C(O)NC[C@]1(c2ccccc2F)[C@@H]2CCN(c3cnc4c(I)nn(C5CCCCO5)c4n3)C[C@@H]21. The van der Waals surface area contributed by atoms with Gasteiger partial charge in [-0.1, -0.05) is 18.2 Å². The van der Waals surface area contributed by atoms with Gasteiger partial charge in [0.15, 0.2) is 15.6 Å². The van der Waals surface area contributed by atoms with E-state index in [1.54, 1.807) is 18.3 Å². The molecule has 2 aliphatic heterocycles. The number of nitrogens with one attached hydrogen (secondary N) is 1. The molecule has 1 saturated carbocycles. The second-order valence-corrected chi connectivity index (χ2v) is 10.6. The summed E-state index contributed by atoms with van der Waals surface area (Å²) < 4.78 is 23.5. The molecule has 6 rings (SSSR count). The monoisotopic (exact) mass is 592 g/mol. The van der Waals surface area contributed by atoms with Gasteiger partial charge in [0.25, 0.3) is 0 Å². The highest BCUT2D eigenvalue weighted by molar-refractivity contribution is 14.1. The molecule has 2 saturated heterocycles. The van der Waals surface area contributed by atoms with Gasteiger partial charge >= 0.3 is 6.09 Å². The normalized spacial score (nSPS) is 28.1. The van der Waals surface area contributed by atoms with Crippen LogP contribution in [0.1, 0.15) is 37.5 Å². The Balaban J connectivity index is 1.30. The van der Waals surface area contributed by atoms with Gasteiger partial charge in [0.1, 0.15) is 17.2 Å². The van der Waals surface area contributed by atoms with Crippen LogP contribution in [0.4, 0.5) is 15.0 Å². The number of amides is 1. The van der Waals surface area contributed by atoms with Crippen LogP contribution >= 0.6 is 22.6 Å². The zero-order valence-electron chi connectivity index (χ0n) is 19.0. The molecule has 3 aliphatic rings. The van der Waals surface area contributed by atoms with Crippen LogP contribution in [0.15, 0.2) is 30.5 Å². The standard InChI is InChI=1S/C24H26FIN6O3/c25-17-6-2-1-5-15(17)24(13-28-23(33)34)14-8-9-31(12-16(14)24)18-11-27-20-21(26)30-32(22(20)29-18)19-7-3-4-10-35-19/h1-2,5-6,11,14,16,19,28H,3-4,7-10,12-13H2,(H,33,34)/t14-,16+,19?,24-/m1/s1. The fraction of sp³-hybridized carbons (Fsp3) is 0.500. The third-order valence-electron chi connectivity index (χ3n) is 7.84. The number of carbonyl (C=O) groups is 1. The Labute approximate surface area is 215 Å². The quantitative estimate of drug-likeness (QED) is 0.433. The van der Waals surface area contributed by atoms with E-state index >= 15 is 0 Å². The van der Waals surface area contributed by atoms with E-state index in [-0.39, 0.29) is 30.4 Å². The van der Waals surface area contributed by atoms with Crippen molar-refractivity contribution in [2.75, 3.05) is 31.1 Å².